The number of carbonyl (C=O) groups is 1. The summed E-state index contributed by atoms with van der Waals surface area (Å²) in [6.45, 7) is 8.39. The lowest BCUT2D eigenvalue weighted by molar-refractivity contribution is -0.144. The molecule has 0 saturated carbocycles. The van der Waals surface area contributed by atoms with Gasteiger partial charge >= 0.3 is 5.97 Å². The van der Waals surface area contributed by atoms with Crippen LogP contribution >= 0.6 is 0 Å². The van der Waals surface area contributed by atoms with E-state index in [4.69, 9.17) is 9.47 Å². The molecule has 0 atom stereocenters. The second-order valence-corrected chi connectivity index (χ2v) is 4.41. The molecule has 3 heteroatoms. The molecule has 0 spiro atoms. The van der Waals surface area contributed by atoms with E-state index < -0.39 is 0 Å². The Hall–Kier alpha value is -0.570. The molecule has 0 aromatic heterocycles. The average Bonchev–Trinajstić information content (AvgIpc) is 2.22. The number of carbonyl (C=O) groups excluding carboxylic acids is 1. The Labute approximate surface area is 99.5 Å². The first-order chi connectivity index (χ1) is 7.66. The van der Waals surface area contributed by atoms with Gasteiger partial charge in [-0.2, -0.15) is 0 Å². The van der Waals surface area contributed by atoms with Gasteiger partial charge in [-0.15, -0.1) is 0 Å². The van der Waals surface area contributed by atoms with Crippen LogP contribution in [0.15, 0.2) is 0 Å². The van der Waals surface area contributed by atoms with Crippen LogP contribution in [0.5, 0.6) is 0 Å². The Kier molecular flexibility index (Phi) is 10.5. The van der Waals surface area contributed by atoms with Gasteiger partial charge in [-0.05, 0) is 32.1 Å². The fourth-order valence-electron chi connectivity index (χ4n) is 1.28. The summed E-state index contributed by atoms with van der Waals surface area (Å²) in [7, 11) is 0. The number of unbranched alkanes of at least 4 members (excludes halogenated alkanes) is 2. The maximum Gasteiger partial charge on any atom is 0.305 e. The second-order valence-electron chi connectivity index (χ2n) is 4.41. The van der Waals surface area contributed by atoms with E-state index >= 15 is 0 Å². The van der Waals surface area contributed by atoms with Crippen LogP contribution in [0, 0.1) is 5.92 Å². The minimum atomic E-state index is -0.0583. The number of rotatable bonds is 10. The molecule has 0 aliphatic carbocycles. The lowest BCUT2D eigenvalue weighted by Crippen LogP contribution is -2.07. The number of esters is 1. The van der Waals surface area contributed by atoms with Crippen molar-refractivity contribution >= 4 is 5.97 Å². The van der Waals surface area contributed by atoms with E-state index in [0.717, 1.165) is 38.9 Å². The van der Waals surface area contributed by atoms with Crippen molar-refractivity contribution in [2.45, 2.75) is 52.9 Å². The Morgan fingerprint density at radius 2 is 1.88 bits per heavy atom. The molecule has 96 valence electrons. The van der Waals surface area contributed by atoms with Gasteiger partial charge in [-0.1, -0.05) is 20.3 Å². The van der Waals surface area contributed by atoms with Crippen molar-refractivity contribution in [3.05, 3.63) is 0 Å². The van der Waals surface area contributed by atoms with E-state index in [-0.39, 0.29) is 5.97 Å². The topological polar surface area (TPSA) is 35.5 Å². The van der Waals surface area contributed by atoms with E-state index in [1.54, 1.807) is 0 Å². The van der Waals surface area contributed by atoms with Gasteiger partial charge in [0.15, 0.2) is 0 Å². The van der Waals surface area contributed by atoms with Crippen molar-refractivity contribution in [1.29, 1.82) is 0 Å². The summed E-state index contributed by atoms with van der Waals surface area (Å²) in [4.78, 5) is 11.3. The molecule has 0 aromatic carbocycles. The van der Waals surface area contributed by atoms with Crippen LogP contribution < -0.4 is 0 Å². The zero-order chi connectivity index (χ0) is 12.2. The van der Waals surface area contributed by atoms with Crippen LogP contribution in [0.25, 0.3) is 0 Å². The molecule has 0 N–H and O–H groups in total. The zero-order valence-electron chi connectivity index (χ0n) is 11.0. The lowest BCUT2D eigenvalue weighted by atomic mass is 10.1. The highest BCUT2D eigenvalue weighted by Gasteiger charge is 2.03. The van der Waals surface area contributed by atoms with E-state index in [0.29, 0.717) is 18.9 Å². The van der Waals surface area contributed by atoms with Crippen LogP contribution in [0.4, 0.5) is 0 Å². The summed E-state index contributed by atoms with van der Waals surface area (Å²) in [5.41, 5.74) is 0. The Morgan fingerprint density at radius 3 is 2.50 bits per heavy atom. The summed E-state index contributed by atoms with van der Waals surface area (Å²) in [5, 5.41) is 0. The van der Waals surface area contributed by atoms with Gasteiger partial charge in [0.1, 0.15) is 0 Å². The minimum absolute atomic E-state index is 0.0583. The lowest BCUT2D eigenvalue weighted by Gasteiger charge is -2.06. The smallest absolute Gasteiger partial charge is 0.305 e. The van der Waals surface area contributed by atoms with E-state index in [1.165, 1.54) is 0 Å². The van der Waals surface area contributed by atoms with Gasteiger partial charge in [0, 0.05) is 19.6 Å². The molecule has 0 aliphatic heterocycles. The number of ether oxygens (including phenoxy) is 2. The van der Waals surface area contributed by atoms with Crippen molar-refractivity contribution < 1.29 is 14.3 Å². The Morgan fingerprint density at radius 1 is 1.12 bits per heavy atom. The molecule has 3 nitrogen and oxygen atoms in total. The maximum absolute atomic E-state index is 11.3. The molecular weight excluding hydrogens is 204 g/mol. The molecular formula is C13H26O3. The molecule has 0 bridgehead atoms. The van der Waals surface area contributed by atoms with Crippen molar-refractivity contribution in [1.82, 2.24) is 0 Å². The molecule has 0 aromatic rings. The second kappa shape index (κ2) is 10.9. The standard InChI is InChI=1S/C13H26O3/c1-4-15-10-7-5-6-8-13(14)16-11-9-12(2)3/h12H,4-11H2,1-3H3. The molecule has 16 heavy (non-hydrogen) atoms. The monoisotopic (exact) mass is 230 g/mol. The molecule has 0 aliphatic rings. The normalized spacial score (nSPS) is 10.8. The van der Waals surface area contributed by atoms with Gasteiger partial charge in [0.25, 0.3) is 0 Å². The summed E-state index contributed by atoms with van der Waals surface area (Å²) >= 11 is 0. The summed E-state index contributed by atoms with van der Waals surface area (Å²) in [5.74, 6) is 0.538. The van der Waals surface area contributed by atoms with Crippen LogP contribution in [-0.2, 0) is 14.3 Å². The Bertz CT molecular complexity index is 167. The predicted molar refractivity (Wildman–Crippen MR) is 65.4 cm³/mol. The highest BCUT2D eigenvalue weighted by molar-refractivity contribution is 5.69. The van der Waals surface area contributed by atoms with E-state index in [9.17, 15) is 4.79 Å². The quantitative estimate of drug-likeness (QED) is 0.427. The van der Waals surface area contributed by atoms with Gasteiger partial charge < -0.3 is 9.47 Å². The number of hydrogen-bond acceptors (Lipinski definition) is 3. The Balaban J connectivity index is 3.17. The van der Waals surface area contributed by atoms with E-state index in [2.05, 4.69) is 13.8 Å². The zero-order valence-corrected chi connectivity index (χ0v) is 11.0. The highest BCUT2D eigenvalue weighted by atomic mass is 16.5. The third kappa shape index (κ3) is 11.5. The molecule has 0 radical (unpaired) electrons. The van der Waals surface area contributed by atoms with Gasteiger partial charge in [-0.25, -0.2) is 0 Å². The fraction of sp³-hybridized carbons (Fsp3) is 0.923. The SMILES string of the molecule is CCOCCCCCC(=O)OCCC(C)C. The van der Waals surface area contributed by atoms with Crippen LogP contribution in [0.2, 0.25) is 0 Å². The molecule has 0 saturated heterocycles. The largest absolute Gasteiger partial charge is 0.466 e. The fourth-order valence-corrected chi connectivity index (χ4v) is 1.28. The summed E-state index contributed by atoms with van der Waals surface area (Å²) in [6, 6.07) is 0. The first-order valence-corrected chi connectivity index (χ1v) is 6.40. The van der Waals surface area contributed by atoms with Crippen LogP contribution in [0.3, 0.4) is 0 Å². The van der Waals surface area contributed by atoms with Crippen molar-refractivity contribution in [2.75, 3.05) is 19.8 Å². The molecule has 0 fully saturated rings. The van der Waals surface area contributed by atoms with Gasteiger partial charge in [0.05, 0.1) is 6.61 Å². The summed E-state index contributed by atoms with van der Waals surface area (Å²) in [6.07, 6.45) is 4.49. The van der Waals surface area contributed by atoms with E-state index in [1.807, 2.05) is 6.92 Å². The van der Waals surface area contributed by atoms with Gasteiger partial charge in [-0.3, -0.25) is 4.79 Å². The average molecular weight is 230 g/mol. The van der Waals surface area contributed by atoms with Crippen molar-refractivity contribution in [2.24, 2.45) is 5.92 Å². The predicted octanol–water partition coefficient (Wildman–Crippen LogP) is 3.17. The highest BCUT2D eigenvalue weighted by Crippen LogP contribution is 2.04. The third-order valence-electron chi connectivity index (χ3n) is 2.33. The number of hydrogen-bond donors (Lipinski definition) is 0. The van der Waals surface area contributed by atoms with Crippen molar-refractivity contribution in [3.8, 4) is 0 Å². The maximum atomic E-state index is 11.3. The molecule has 0 rings (SSSR count). The molecule has 0 amide bonds. The third-order valence-corrected chi connectivity index (χ3v) is 2.33. The van der Waals surface area contributed by atoms with Crippen LogP contribution in [0.1, 0.15) is 52.9 Å². The first kappa shape index (κ1) is 15.4. The minimum Gasteiger partial charge on any atom is -0.466 e. The molecule has 0 unspecified atom stereocenters. The molecule has 0 heterocycles. The summed E-state index contributed by atoms with van der Waals surface area (Å²) < 4.78 is 10.3. The van der Waals surface area contributed by atoms with Gasteiger partial charge in [0.2, 0.25) is 0 Å². The first-order valence-electron chi connectivity index (χ1n) is 6.40. The van der Waals surface area contributed by atoms with Crippen molar-refractivity contribution in [3.63, 3.8) is 0 Å². The van der Waals surface area contributed by atoms with Crippen LogP contribution in [-0.4, -0.2) is 25.8 Å².